The number of rotatable bonds is 0. The van der Waals surface area contributed by atoms with Crippen molar-refractivity contribution in [1.29, 1.82) is 0 Å². The molecule has 2 heterocycles. The first-order valence-corrected chi connectivity index (χ1v) is 5.77. The Morgan fingerprint density at radius 2 is 2.00 bits per heavy atom. The topological polar surface area (TPSA) is 29.5 Å². The quantitative estimate of drug-likeness (QED) is 0.638. The number of hydrogen-bond donors (Lipinski definition) is 0. The number of carbonyl (C=O) groups excluding carboxylic acids is 1. The highest BCUT2D eigenvalue weighted by molar-refractivity contribution is 6.09. The Labute approximate surface area is 101 Å². The lowest BCUT2D eigenvalue weighted by atomic mass is 9.87. The van der Waals surface area contributed by atoms with E-state index >= 15 is 0 Å². The third kappa shape index (κ3) is 1.07. The molecule has 0 saturated heterocycles. The molecule has 1 aromatic rings. The zero-order chi connectivity index (χ0) is 12.2. The van der Waals surface area contributed by atoms with E-state index in [1.54, 1.807) is 11.9 Å². The summed E-state index contributed by atoms with van der Waals surface area (Å²) in [5.74, 6) is 0.0213. The van der Waals surface area contributed by atoms with Gasteiger partial charge in [0, 0.05) is 12.6 Å². The number of anilines is 1. The number of ether oxygens (including phenoxy) is 1. The summed E-state index contributed by atoms with van der Waals surface area (Å²) >= 11 is 0. The van der Waals surface area contributed by atoms with Crippen molar-refractivity contribution in [3.8, 4) is 0 Å². The van der Waals surface area contributed by atoms with Crippen LogP contribution in [0.3, 0.4) is 0 Å². The number of para-hydroxylation sites is 1. The van der Waals surface area contributed by atoms with Crippen molar-refractivity contribution in [2.75, 3.05) is 18.6 Å². The predicted molar refractivity (Wildman–Crippen MR) is 65.9 cm³/mol. The Bertz CT molecular complexity index is 547. The summed E-state index contributed by atoms with van der Waals surface area (Å²) in [5.41, 5.74) is 3.27. The molecular weight excluding hydrogens is 214 g/mol. The van der Waals surface area contributed by atoms with E-state index in [1.807, 2.05) is 38.1 Å². The van der Waals surface area contributed by atoms with Gasteiger partial charge in [0.05, 0.1) is 12.3 Å². The molecule has 3 nitrogen and oxygen atoms in total. The number of likely N-dealkylation sites (N-methyl/N-ethyl adjacent to an activating group) is 1. The summed E-state index contributed by atoms with van der Waals surface area (Å²) in [7, 11) is 1.81. The molecule has 88 valence electrons. The van der Waals surface area contributed by atoms with E-state index in [1.165, 1.54) is 0 Å². The van der Waals surface area contributed by atoms with E-state index in [0.29, 0.717) is 6.61 Å². The summed E-state index contributed by atoms with van der Waals surface area (Å²) in [6.07, 6.45) is 0. The van der Waals surface area contributed by atoms with Crippen LogP contribution in [-0.2, 0) is 15.1 Å². The van der Waals surface area contributed by atoms with E-state index in [2.05, 4.69) is 0 Å². The summed E-state index contributed by atoms with van der Waals surface area (Å²) in [6.45, 7) is 4.56. The van der Waals surface area contributed by atoms with Crippen LogP contribution in [0.4, 0.5) is 5.69 Å². The number of nitrogens with zero attached hydrogens (tertiary/aromatic N) is 1. The van der Waals surface area contributed by atoms with Crippen molar-refractivity contribution in [3.63, 3.8) is 0 Å². The van der Waals surface area contributed by atoms with Gasteiger partial charge < -0.3 is 9.64 Å². The van der Waals surface area contributed by atoms with Crippen molar-refractivity contribution in [2.45, 2.75) is 19.4 Å². The molecule has 0 N–H and O–H groups in total. The van der Waals surface area contributed by atoms with E-state index in [0.717, 1.165) is 22.4 Å². The molecule has 0 fully saturated rings. The number of carbonyl (C=O) groups is 1. The maximum absolute atomic E-state index is 12.5. The molecule has 0 aliphatic carbocycles. The van der Waals surface area contributed by atoms with Crippen LogP contribution < -0.4 is 4.90 Å². The molecule has 17 heavy (non-hydrogen) atoms. The molecule has 0 bridgehead atoms. The van der Waals surface area contributed by atoms with Gasteiger partial charge in [0.25, 0.3) is 5.91 Å². The average Bonchev–Trinajstić information content (AvgIpc) is 2.76. The van der Waals surface area contributed by atoms with Gasteiger partial charge in [0.2, 0.25) is 0 Å². The fourth-order valence-corrected chi connectivity index (χ4v) is 2.76. The summed E-state index contributed by atoms with van der Waals surface area (Å²) in [4.78, 5) is 14.2. The molecule has 2 aliphatic rings. The van der Waals surface area contributed by atoms with E-state index in [9.17, 15) is 4.79 Å². The maximum Gasteiger partial charge on any atom is 0.268 e. The minimum atomic E-state index is -0.852. The molecular formula is C14H15NO2. The second-order valence-electron chi connectivity index (χ2n) is 4.76. The first-order valence-electron chi connectivity index (χ1n) is 5.77. The summed E-state index contributed by atoms with van der Waals surface area (Å²) in [6, 6.07) is 7.85. The summed E-state index contributed by atoms with van der Waals surface area (Å²) < 4.78 is 5.87. The summed E-state index contributed by atoms with van der Waals surface area (Å²) in [5, 5.41) is 0. The van der Waals surface area contributed by atoms with Crippen LogP contribution in [0.15, 0.2) is 35.4 Å². The first-order chi connectivity index (χ1) is 8.09. The number of benzene rings is 1. The van der Waals surface area contributed by atoms with Crippen LogP contribution in [0.1, 0.15) is 19.4 Å². The highest BCUT2D eigenvalue weighted by Crippen LogP contribution is 2.49. The van der Waals surface area contributed by atoms with Crippen LogP contribution in [0.5, 0.6) is 0 Å². The SMILES string of the molecule is CC1=C(C)C2(OC1)C(=O)N(C)c1ccccc12. The molecule has 0 aromatic heterocycles. The van der Waals surface area contributed by atoms with Gasteiger partial charge >= 0.3 is 0 Å². The lowest BCUT2D eigenvalue weighted by molar-refractivity contribution is -0.135. The van der Waals surface area contributed by atoms with Crippen LogP contribution in [0, 0.1) is 0 Å². The van der Waals surface area contributed by atoms with Crippen molar-refractivity contribution in [2.24, 2.45) is 0 Å². The minimum Gasteiger partial charge on any atom is -0.352 e. The van der Waals surface area contributed by atoms with Crippen molar-refractivity contribution >= 4 is 11.6 Å². The smallest absolute Gasteiger partial charge is 0.268 e. The lowest BCUT2D eigenvalue weighted by Gasteiger charge is -2.24. The second kappa shape index (κ2) is 3.20. The van der Waals surface area contributed by atoms with E-state index in [-0.39, 0.29) is 5.91 Å². The third-order valence-corrected chi connectivity index (χ3v) is 3.92. The van der Waals surface area contributed by atoms with Gasteiger partial charge in [-0.1, -0.05) is 18.2 Å². The third-order valence-electron chi connectivity index (χ3n) is 3.92. The Kier molecular flexibility index (Phi) is 1.98. The Morgan fingerprint density at radius 3 is 2.65 bits per heavy atom. The highest BCUT2D eigenvalue weighted by Gasteiger charge is 2.54. The molecule has 0 radical (unpaired) electrons. The van der Waals surface area contributed by atoms with Crippen LogP contribution in [0.2, 0.25) is 0 Å². The molecule has 1 spiro atoms. The van der Waals surface area contributed by atoms with Gasteiger partial charge in [-0.25, -0.2) is 0 Å². The first kappa shape index (κ1) is 10.5. The average molecular weight is 229 g/mol. The monoisotopic (exact) mass is 229 g/mol. The van der Waals surface area contributed by atoms with Crippen molar-refractivity contribution in [3.05, 3.63) is 41.0 Å². The van der Waals surface area contributed by atoms with Gasteiger partial charge in [-0.05, 0) is 31.1 Å². The van der Waals surface area contributed by atoms with E-state index in [4.69, 9.17) is 4.74 Å². The Morgan fingerprint density at radius 1 is 1.29 bits per heavy atom. The standard InChI is InChI=1S/C14H15NO2/c1-9-8-17-14(10(9)2)11-6-4-5-7-12(11)15(3)13(14)16/h4-7H,8H2,1-3H3. The normalized spacial score (nSPS) is 27.2. The fourth-order valence-electron chi connectivity index (χ4n) is 2.76. The zero-order valence-electron chi connectivity index (χ0n) is 10.3. The fraction of sp³-hybridized carbons (Fsp3) is 0.357. The van der Waals surface area contributed by atoms with Crippen LogP contribution >= 0.6 is 0 Å². The van der Waals surface area contributed by atoms with Gasteiger partial charge in [0.15, 0.2) is 5.60 Å². The maximum atomic E-state index is 12.5. The van der Waals surface area contributed by atoms with Gasteiger partial charge in [-0.15, -0.1) is 0 Å². The van der Waals surface area contributed by atoms with E-state index < -0.39 is 5.60 Å². The lowest BCUT2D eigenvalue weighted by Crippen LogP contribution is -2.39. The zero-order valence-corrected chi connectivity index (χ0v) is 10.3. The largest absolute Gasteiger partial charge is 0.352 e. The molecule has 1 atom stereocenters. The van der Waals surface area contributed by atoms with Gasteiger partial charge in [0.1, 0.15) is 0 Å². The molecule has 3 heteroatoms. The predicted octanol–water partition coefficient (Wildman–Crippen LogP) is 2.22. The van der Waals surface area contributed by atoms with Crippen LogP contribution in [0.25, 0.3) is 0 Å². The number of amides is 1. The second-order valence-corrected chi connectivity index (χ2v) is 4.76. The van der Waals surface area contributed by atoms with Crippen molar-refractivity contribution < 1.29 is 9.53 Å². The molecule has 0 saturated carbocycles. The van der Waals surface area contributed by atoms with Gasteiger partial charge in [-0.2, -0.15) is 0 Å². The minimum absolute atomic E-state index is 0.0213. The number of fused-ring (bicyclic) bond motifs is 2. The Balaban J connectivity index is 2.30. The van der Waals surface area contributed by atoms with Gasteiger partial charge in [-0.3, -0.25) is 4.79 Å². The highest BCUT2D eigenvalue weighted by atomic mass is 16.5. The molecule has 1 aromatic carbocycles. The molecule has 3 rings (SSSR count). The van der Waals surface area contributed by atoms with Crippen LogP contribution in [-0.4, -0.2) is 19.6 Å². The molecule has 2 aliphatic heterocycles. The number of hydrogen-bond acceptors (Lipinski definition) is 2. The molecule has 1 amide bonds. The molecule has 1 unspecified atom stereocenters. The van der Waals surface area contributed by atoms with Crippen molar-refractivity contribution in [1.82, 2.24) is 0 Å². The Hall–Kier alpha value is -1.61.